The lowest BCUT2D eigenvalue weighted by Gasteiger charge is -2.30. The van der Waals surface area contributed by atoms with Crippen molar-refractivity contribution in [1.29, 1.82) is 0 Å². The highest BCUT2D eigenvalue weighted by Gasteiger charge is 2.57. The fourth-order valence-electron chi connectivity index (χ4n) is 7.72. The summed E-state index contributed by atoms with van der Waals surface area (Å²) in [6.45, 7) is 3.87. The van der Waals surface area contributed by atoms with Gasteiger partial charge in [0, 0.05) is 53.4 Å². The molecule has 0 atom stereocenters. The molecule has 11 heteroatoms. The number of carbonyl (C=O) groups is 1. The van der Waals surface area contributed by atoms with Crippen molar-refractivity contribution >= 4 is 33.7 Å². The molecular formula is C34H33N9O2. The lowest BCUT2D eigenvalue weighted by atomic mass is 9.90. The number of hydrogen-bond donors (Lipinski definition) is 2. The number of benzene rings is 1. The molecule has 2 aliphatic carbocycles. The zero-order chi connectivity index (χ0) is 30.6. The first-order valence-corrected chi connectivity index (χ1v) is 15.4. The van der Waals surface area contributed by atoms with Crippen molar-refractivity contribution in [2.75, 3.05) is 32.0 Å². The van der Waals surface area contributed by atoms with E-state index < -0.39 is 0 Å². The van der Waals surface area contributed by atoms with Crippen LogP contribution in [-0.2, 0) is 16.8 Å². The van der Waals surface area contributed by atoms with Crippen molar-refractivity contribution in [3.8, 4) is 23.5 Å². The van der Waals surface area contributed by atoms with Crippen LogP contribution in [0.2, 0.25) is 0 Å². The molecule has 0 spiro atoms. The number of amides is 1. The summed E-state index contributed by atoms with van der Waals surface area (Å²) in [7, 11) is 0. The summed E-state index contributed by atoms with van der Waals surface area (Å²) in [5.41, 5.74) is 11.0. The smallest absolute Gasteiger partial charge is 0.271 e. The van der Waals surface area contributed by atoms with Gasteiger partial charge in [-0.05, 0) is 44.2 Å². The van der Waals surface area contributed by atoms with E-state index in [0.29, 0.717) is 29.4 Å². The third-order valence-corrected chi connectivity index (χ3v) is 9.88. The van der Waals surface area contributed by atoms with Gasteiger partial charge in [0.05, 0.1) is 42.2 Å². The third kappa shape index (κ3) is 4.60. The first-order chi connectivity index (χ1) is 22.0. The molecule has 2 bridgehead atoms. The van der Waals surface area contributed by atoms with Crippen LogP contribution in [0.1, 0.15) is 54.0 Å². The van der Waals surface area contributed by atoms with E-state index in [4.69, 9.17) is 26.9 Å². The number of terminal acetylenes is 1. The number of fused-ring (bicyclic) bond motifs is 4. The monoisotopic (exact) mass is 599 g/mol. The molecule has 5 heterocycles. The molecule has 1 aromatic carbocycles. The maximum Gasteiger partial charge on any atom is 0.271 e. The molecule has 8 rings (SSSR count). The number of para-hydroxylation sites is 1. The third-order valence-electron chi connectivity index (χ3n) is 9.88. The first kappa shape index (κ1) is 27.6. The Morgan fingerprint density at radius 2 is 1.84 bits per heavy atom. The largest absolute Gasteiger partial charge is 0.383 e. The maximum absolute atomic E-state index is 13.5. The number of nitrogens with zero attached hydrogens (tertiary/aromatic N) is 7. The second-order valence-electron chi connectivity index (χ2n) is 12.5. The van der Waals surface area contributed by atoms with E-state index >= 15 is 0 Å². The van der Waals surface area contributed by atoms with Crippen LogP contribution >= 0.6 is 0 Å². The number of ether oxygens (including phenoxy) is 1. The molecule has 3 N–H and O–H groups in total. The number of hydrogen-bond acceptors (Lipinski definition) is 9. The Balaban J connectivity index is 1.10. The minimum Gasteiger partial charge on any atom is -0.383 e. The minimum absolute atomic E-state index is 0.206. The number of anilines is 1. The highest BCUT2D eigenvalue weighted by atomic mass is 16.5. The van der Waals surface area contributed by atoms with Crippen LogP contribution in [0.15, 0.2) is 55.2 Å². The quantitative estimate of drug-likeness (QED) is 0.280. The fraction of sp³-hybridized carbons (Fsp3) is 0.353. The second-order valence-corrected chi connectivity index (χ2v) is 12.5. The van der Waals surface area contributed by atoms with Crippen LogP contribution < -0.4 is 11.1 Å². The van der Waals surface area contributed by atoms with Crippen LogP contribution in [0, 0.1) is 12.3 Å². The number of pyridine rings is 1. The van der Waals surface area contributed by atoms with E-state index in [9.17, 15) is 4.79 Å². The molecule has 226 valence electrons. The zero-order valence-electron chi connectivity index (χ0n) is 24.9. The summed E-state index contributed by atoms with van der Waals surface area (Å²) >= 11 is 0. The molecule has 3 fully saturated rings. The SMILES string of the molecule is C#Cc1c(-c2cnc3ccccc3c2)c2c(N)ncnc2n1C12CCC(NC(=O)c3cnc(CN4CCOCC4)cn3)(CC1)C2. The number of morpholine rings is 1. The predicted molar refractivity (Wildman–Crippen MR) is 170 cm³/mol. The van der Waals surface area contributed by atoms with E-state index in [1.807, 2.05) is 30.5 Å². The standard InChI is InChI=1S/C34H33N9O2/c1-2-27-28(23-15-22-5-3-4-6-25(22)37-16-23)29-30(35)39-21-40-31(29)43(27)34-9-7-33(20-34,8-10-34)41-32(44)26-18-36-24(17-38-26)19-42-11-13-45-14-12-42/h1,3-6,15-18,21H,7-14,19-20H2,(H,41,44)(H2,35,39,40). The fourth-order valence-corrected chi connectivity index (χ4v) is 7.72. The van der Waals surface area contributed by atoms with E-state index in [2.05, 4.69) is 41.7 Å². The van der Waals surface area contributed by atoms with Crippen molar-refractivity contribution in [2.45, 2.75) is 49.7 Å². The molecule has 0 unspecified atom stereocenters. The van der Waals surface area contributed by atoms with Crippen LogP contribution in [-0.4, -0.2) is 72.1 Å². The molecule has 1 aliphatic heterocycles. The van der Waals surface area contributed by atoms with Gasteiger partial charge in [0.2, 0.25) is 0 Å². The maximum atomic E-state index is 13.5. The number of aromatic nitrogens is 6. The Morgan fingerprint density at radius 1 is 1.02 bits per heavy atom. The first-order valence-electron chi connectivity index (χ1n) is 15.4. The van der Waals surface area contributed by atoms with Crippen LogP contribution in [0.25, 0.3) is 33.1 Å². The Labute approximate surface area is 260 Å². The minimum atomic E-state index is -0.378. The summed E-state index contributed by atoms with van der Waals surface area (Å²) < 4.78 is 7.63. The molecule has 3 aliphatic rings. The molecule has 11 nitrogen and oxygen atoms in total. The zero-order valence-corrected chi connectivity index (χ0v) is 24.9. The molecule has 1 saturated heterocycles. The summed E-state index contributed by atoms with van der Waals surface area (Å²) in [5, 5.41) is 5.09. The highest BCUT2D eigenvalue weighted by Crippen LogP contribution is 2.57. The van der Waals surface area contributed by atoms with Gasteiger partial charge in [0.1, 0.15) is 29.2 Å². The Kier molecular flexibility index (Phi) is 6.51. The lowest BCUT2D eigenvalue weighted by Crippen LogP contribution is -2.45. The number of nitrogen functional groups attached to an aromatic ring is 1. The molecule has 1 amide bonds. The average Bonchev–Trinajstić information content (AvgIpc) is 3.74. The van der Waals surface area contributed by atoms with E-state index in [1.54, 1.807) is 12.4 Å². The van der Waals surface area contributed by atoms with Gasteiger partial charge in [-0.15, -0.1) is 6.42 Å². The van der Waals surface area contributed by atoms with Gasteiger partial charge in [0.25, 0.3) is 5.91 Å². The molecular weight excluding hydrogens is 566 g/mol. The van der Waals surface area contributed by atoms with Crippen LogP contribution in [0.3, 0.4) is 0 Å². The van der Waals surface area contributed by atoms with Gasteiger partial charge in [-0.1, -0.05) is 24.1 Å². The topological polar surface area (TPSA) is 137 Å². The molecule has 2 saturated carbocycles. The van der Waals surface area contributed by atoms with E-state index in [1.165, 1.54) is 6.33 Å². The Bertz CT molecular complexity index is 1980. The van der Waals surface area contributed by atoms with Crippen LogP contribution in [0.5, 0.6) is 0 Å². The number of nitrogens with one attached hydrogen (secondary N) is 1. The lowest BCUT2D eigenvalue weighted by molar-refractivity contribution is 0.0336. The second kappa shape index (κ2) is 10.6. The van der Waals surface area contributed by atoms with Crippen molar-refractivity contribution in [1.82, 2.24) is 39.7 Å². The summed E-state index contributed by atoms with van der Waals surface area (Å²) in [6, 6.07) is 10.1. The van der Waals surface area contributed by atoms with Crippen molar-refractivity contribution < 1.29 is 9.53 Å². The number of nitrogens with two attached hydrogens (primary N) is 1. The predicted octanol–water partition coefficient (Wildman–Crippen LogP) is 3.67. The Morgan fingerprint density at radius 3 is 2.62 bits per heavy atom. The van der Waals surface area contributed by atoms with E-state index in [0.717, 1.165) is 91.5 Å². The van der Waals surface area contributed by atoms with Gasteiger partial charge in [-0.25, -0.2) is 15.0 Å². The molecule has 0 radical (unpaired) electrons. The molecule has 45 heavy (non-hydrogen) atoms. The number of rotatable bonds is 6. The van der Waals surface area contributed by atoms with E-state index in [-0.39, 0.29) is 17.0 Å². The molecule has 4 aromatic heterocycles. The van der Waals surface area contributed by atoms with Gasteiger partial charge >= 0.3 is 0 Å². The highest BCUT2D eigenvalue weighted by molar-refractivity contribution is 6.04. The Hall–Kier alpha value is -4.92. The van der Waals surface area contributed by atoms with Gasteiger partial charge < -0.3 is 20.4 Å². The summed E-state index contributed by atoms with van der Waals surface area (Å²) in [4.78, 5) is 38.6. The van der Waals surface area contributed by atoms with Crippen LogP contribution in [0.4, 0.5) is 5.82 Å². The summed E-state index contributed by atoms with van der Waals surface area (Å²) in [5.74, 6) is 3.16. The summed E-state index contributed by atoms with van der Waals surface area (Å²) in [6.07, 6.45) is 17.0. The van der Waals surface area contributed by atoms with Gasteiger partial charge in [0.15, 0.2) is 0 Å². The van der Waals surface area contributed by atoms with Gasteiger partial charge in [-0.2, -0.15) is 0 Å². The van der Waals surface area contributed by atoms with Crippen molar-refractivity contribution in [3.05, 3.63) is 72.3 Å². The van der Waals surface area contributed by atoms with Gasteiger partial charge in [-0.3, -0.25) is 19.7 Å². The number of carbonyl (C=O) groups excluding carboxylic acids is 1. The average molecular weight is 600 g/mol. The van der Waals surface area contributed by atoms with Crippen molar-refractivity contribution in [3.63, 3.8) is 0 Å². The molecule has 5 aromatic rings. The van der Waals surface area contributed by atoms with Crippen molar-refractivity contribution in [2.24, 2.45) is 0 Å². The normalized spacial score (nSPS) is 23.0.